The molecule has 1 fully saturated rings. The molecule has 0 radical (unpaired) electrons. The minimum atomic E-state index is -1.17. The van der Waals surface area contributed by atoms with E-state index in [9.17, 15) is 9.59 Å². The molecule has 0 aliphatic carbocycles. The fourth-order valence-electron chi connectivity index (χ4n) is 2.27. The maximum absolute atomic E-state index is 11.8. The van der Waals surface area contributed by atoms with Crippen molar-refractivity contribution < 1.29 is 14.7 Å². The first kappa shape index (κ1) is 14.3. The van der Waals surface area contributed by atoms with E-state index in [1.165, 1.54) is 12.3 Å². The van der Waals surface area contributed by atoms with Crippen LogP contribution in [0.3, 0.4) is 0 Å². The fraction of sp³-hybridized carbons (Fsp3) is 0.462. The molecular weight excluding hydrogens is 260 g/mol. The molecule has 1 atom stereocenters. The number of nitrogens with one attached hydrogen (secondary N) is 2. The predicted molar refractivity (Wildman–Crippen MR) is 73.8 cm³/mol. The van der Waals surface area contributed by atoms with Crippen molar-refractivity contribution in [2.24, 2.45) is 5.92 Å². The molecule has 2 rings (SSSR count). The van der Waals surface area contributed by atoms with Crippen molar-refractivity contribution in [2.45, 2.75) is 6.42 Å². The molecule has 1 aliphatic rings. The number of hydrogen-bond donors (Lipinski definition) is 3. The number of carbonyl (C=O) groups excluding carboxylic acids is 1. The number of anilines is 1. The van der Waals surface area contributed by atoms with Crippen LogP contribution < -0.4 is 10.6 Å². The summed E-state index contributed by atoms with van der Waals surface area (Å²) in [7, 11) is 2.05. The van der Waals surface area contributed by atoms with Crippen molar-refractivity contribution in [1.82, 2.24) is 15.2 Å². The Kier molecular flexibility index (Phi) is 4.52. The zero-order valence-electron chi connectivity index (χ0n) is 11.3. The molecule has 1 saturated heterocycles. The molecule has 0 spiro atoms. The number of carboxylic acid groups (broad SMARTS) is 1. The molecule has 0 bridgehead atoms. The van der Waals surface area contributed by atoms with Gasteiger partial charge in [-0.2, -0.15) is 0 Å². The standard InChI is InChI=1S/C13H18N4O3/c1-17-6-4-9(8-17)7-15-13(20)16-10-3-2-5-14-11(10)12(18)19/h2-3,5,9H,4,6-8H2,1H3,(H,18,19)(H2,15,16,20). The zero-order valence-corrected chi connectivity index (χ0v) is 11.3. The molecule has 108 valence electrons. The lowest BCUT2D eigenvalue weighted by Crippen LogP contribution is -2.34. The van der Waals surface area contributed by atoms with Gasteiger partial charge in [0, 0.05) is 19.3 Å². The molecule has 7 heteroatoms. The Bertz CT molecular complexity index is 506. The molecule has 1 aromatic rings. The molecular formula is C13H18N4O3. The lowest BCUT2D eigenvalue weighted by molar-refractivity contribution is 0.0691. The summed E-state index contributed by atoms with van der Waals surface area (Å²) < 4.78 is 0. The highest BCUT2D eigenvalue weighted by Gasteiger charge is 2.20. The van der Waals surface area contributed by atoms with Crippen LogP contribution >= 0.6 is 0 Å². The largest absolute Gasteiger partial charge is 0.476 e. The van der Waals surface area contributed by atoms with E-state index in [4.69, 9.17) is 5.11 Å². The summed E-state index contributed by atoms with van der Waals surface area (Å²) in [5.74, 6) is -0.725. The van der Waals surface area contributed by atoms with Crippen LogP contribution in [0, 0.1) is 5.92 Å². The number of likely N-dealkylation sites (tertiary alicyclic amines) is 1. The van der Waals surface area contributed by atoms with Gasteiger partial charge in [0.15, 0.2) is 5.69 Å². The highest BCUT2D eigenvalue weighted by atomic mass is 16.4. The summed E-state index contributed by atoms with van der Waals surface area (Å²) in [4.78, 5) is 28.7. The summed E-state index contributed by atoms with van der Waals surface area (Å²) >= 11 is 0. The molecule has 0 aromatic carbocycles. The molecule has 20 heavy (non-hydrogen) atoms. The van der Waals surface area contributed by atoms with Crippen LogP contribution in [-0.4, -0.2) is 53.7 Å². The van der Waals surface area contributed by atoms with Gasteiger partial charge in [-0.3, -0.25) is 0 Å². The zero-order chi connectivity index (χ0) is 14.5. The lowest BCUT2D eigenvalue weighted by atomic mass is 10.1. The van der Waals surface area contributed by atoms with E-state index in [0.717, 1.165) is 19.5 Å². The topological polar surface area (TPSA) is 94.6 Å². The summed E-state index contributed by atoms with van der Waals surface area (Å²) in [6.07, 6.45) is 2.44. The van der Waals surface area contributed by atoms with Crippen molar-refractivity contribution in [3.05, 3.63) is 24.0 Å². The third-order valence-corrected chi connectivity index (χ3v) is 3.30. The Balaban J connectivity index is 1.87. The van der Waals surface area contributed by atoms with Gasteiger partial charge in [-0.05, 0) is 38.1 Å². The Morgan fingerprint density at radius 2 is 2.35 bits per heavy atom. The lowest BCUT2D eigenvalue weighted by Gasteiger charge is -2.13. The summed E-state index contributed by atoms with van der Waals surface area (Å²) in [6, 6.07) is 2.68. The second-order valence-corrected chi connectivity index (χ2v) is 4.96. The SMILES string of the molecule is CN1CCC(CNC(=O)Nc2cccnc2C(=O)O)C1. The van der Waals surface area contributed by atoms with E-state index in [0.29, 0.717) is 12.5 Å². The molecule has 2 amide bonds. The Labute approximate surface area is 117 Å². The minimum Gasteiger partial charge on any atom is -0.476 e. The van der Waals surface area contributed by atoms with Crippen LogP contribution in [0.4, 0.5) is 10.5 Å². The summed E-state index contributed by atoms with van der Waals surface area (Å²) in [5.41, 5.74) is 0.0317. The van der Waals surface area contributed by atoms with Gasteiger partial charge in [0.2, 0.25) is 0 Å². The average Bonchev–Trinajstić information content (AvgIpc) is 2.83. The van der Waals surface area contributed by atoms with E-state index in [1.807, 2.05) is 0 Å². The number of hydrogen-bond acceptors (Lipinski definition) is 4. The number of aromatic carboxylic acids is 1. The number of pyridine rings is 1. The first-order valence-electron chi connectivity index (χ1n) is 6.48. The van der Waals surface area contributed by atoms with Crippen molar-refractivity contribution >= 4 is 17.7 Å². The predicted octanol–water partition coefficient (Wildman–Crippen LogP) is 0.853. The van der Waals surface area contributed by atoms with Gasteiger partial charge in [0.05, 0.1) is 5.69 Å². The second kappa shape index (κ2) is 6.33. The van der Waals surface area contributed by atoms with Gasteiger partial charge in [0.25, 0.3) is 0 Å². The number of carboxylic acids is 1. The number of aromatic nitrogens is 1. The Morgan fingerprint density at radius 3 is 3.00 bits per heavy atom. The molecule has 1 aromatic heterocycles. The van der Waals surface area contributed by atoms with Gasteiger partial charge in [-0.1, -0.05) is 0 Å². The van der Waals surface area contributed by atoms with Crippen molar-refractivity contribution in [2.75, 3.05) is 32.0 Å². The number of rotatable bonds is 4. The quantitative estimate of drug-likeness (QED) is 0.759. The van der Waals surface area contributed by atoms with Crippen LogP contribution in [0.15, 0.2) is 18.3 Å². The second-order valence-electron chi connectivity index (χ2n) is 4.96. The van der Waals surface area contributed by atoms with E-state index in [1.54, 1.807) is 6.07 Å². The summed E-state index contributed by atoms with van der Waals surface area (Å²) in [6.45, 7) is 2.59. The van der Waals surface area contributed by atoms with Crippen LogP contribution in [0.5, 0.6) is 0 Å². The maximum Gasteiger partial charge on any atom is 0.356 e. The van der Waals surface area contributed by atoms with Gasteiger partial charge >= 0.3 is 12.0 Å². The molecule has 1 aliphatic heterocycles. The number of urea groups is 1. The van der Waals surface area contributed by atoms with Crippen LogP contribution in [0.25, 0.3) is 0 Å². The molecule has 1 unspecified atom stereocenters. The van der Waals surface area contributed by atoms with Crippen LogP contribution in [0.1, 0.15) is 16.9 Å². The third kappa shape index (κ3) is 3.67. The molecule has 2 heterocycles. The number of amides is 2. The molecule has 3 N–H and O–H groups in total. The number of nitrogens with zero attached hydrogens (tertiary/aromatic N) is 2. The molecule has 7 nitrogen and oxygen atoms in total. The number of carbonyl (C=O) groups is 2. The fourth-order valence-corrected chi connectivity index (χ4v) is 2.27. The monoisotopic (exact) mass is 278 g/mol. The Morgan fingerprint density at radius 1 is 1.55 bits per heavy atom. The first-order chi connectivity index (χ1) is 9.56. The van der Waals surface area contributed by atoms with E-state index >= 15 is 0 Å². The Hall–Kier alpha value is -2.15. The highest BCUT2D eigenvalue weighted by Crippen LogP contribution is 2.14. The normalized spacial score (nSPS) is 18.8. The van der Waals surface area contributed by atoms with Crippen LogP contribution in [-0.2, 0) is 0 Å². The van der Waals surface area contributed by atoms with Gasteiger partial charge in [0.1, 0.15) is 0 Å². The van der Waals surface area contributed by atoms with E-state index in [2.05, 4.69) is 27.6 Å². The van der Waals surface area contributed by atoms with Crippen LogP contribution in [0.2, 0.25) is 0 Å². The third-order valence-electron chi connectivity index (χ3n) is 3.30. The average molecular weight is 278 g/mol. The molecule has 0 saturated carbocycles. The maximum atomic E-state index is 11.8. The van der Waals surface area contributed by atoms with Gasteiger partial charge in [-0.15, -0.1) is 0 Å². The summed E-state index contributed by atoms with van der Waals surface area (Å²) in [5, 5.41) is 14.3. The van der Waals surface area contributed by atoms with Gasteiger partial charge in [-0.25, -0.2) is 14.6 Å². The van der Waals surface area contributed by atoms with Gasteiger partial charge < -0.3 is 20.6 Å². The minimum absolute atomic E-state index is 0.164. The van der Waals surface area contributed by atoms with E-state index in [-0.39, 0.29) is 11.4 Å². The van der Waals surface area contributed by atoms with E-state index < -0.39 is 12.0 Å². The van der Waals surface area contributed by atoms with Crippen molar-refractivity contribution in [3.8, 4) is 0 Å². The highest BCUT2D eigenvalue weighted by molar-refractivity contribution is 5.98. The van der Waals surface area contributed by atoms with Crippen molar-refractivity contribution in [3.63, 3.8) is 0 Å². The van der Waals surface area contributed by atoms with Crippen molar-refractivity contribution in [1.29, 1.82) is 0 Å². The smallest absolute Gasteiger partial charge is 0.356 e. The first-order valence-corrected chi connectivity index (χ1v) is 6.48.